The zero-order chi connectivity index (χ0) is 22.1. The third-order valence-electron chi connectivity index (χ3n) is 5.58. The van der Waals surface area contributed by atoms with Crippen LogP contribution >= 0.6 is 0 Å². The second-order valence-electron chi connectivity index (χ2n) is 8.01. The molecular weight excluding hydrogens is 390 g/mol. The molecule has 0 heterocycles. The van der Waals surface area contributed by atoms with Crippen molar-refractivity contribution in [3.8, 4) is 5.75 Å². The van der Waals surface area contributed by atoms with E-state index < -0.39 is 5.91 Å². The van der Waals surface area contributed by atoms with Gasteiger partial charge in [0.15, 0.2) is 6.61 Å². The average molecular weight is 422 g/mol. The maximum absolute atomic E-state index is 12.5. The number of carbonyl (C=O) groups is 2. The standard InChI is InChI=1S/C25H31N3O3/c1-28(21-8-3-2-4-9-21)17-20-7-5-6-10-23(20)27-25(30)16-13-19-11-14-22(15-12-19)31-18-24(26)29/h5-7,10-16,21H,2-4,8-9,17-18H2,1H3,(H2,26,29)(H,27,30). The number of nitrogens with zero attached hydrogens (tertiary/aromatic N) is 1. The molecule has 1 aliphatic carbocycles. The molecular formula is C25H31N3O3. The summed E-state index contributed by atoms with van der Waals surface area (Å²) in [6, 6.07) is 15.7. The van der Waals surface area contributed by atoms with Gasteiger partial charge >= 0.3 is 0 Å². The fourth-order valence-electron chi connectivity index (χ4n) is 3.88. The van der Waals surface area contributed by atoms with Crippen molar-refractivity contribution in [1.82, 2.24) is 4.90 Å². The van der Waals surface area contributed by atoms with Crippen molar-refractivity contribution in [3.63, 3.8) is 0 Å². The molecule has 164 valence electrons. The highest BCUT2D eigenvalue weighted by Gasteiger charge is 2.19. The Kier molecular flexibility index (Phi) is 8.24. The molecule has 6 nitrogen and oxygen atoms in total. The molecule has 2 amide bonds. The molecule has 1 fully saturated rings. The topological polar surface area (TPSA) is 84.7 Å². The van der Waals surface area contributed by atoms with Gasteiger partial charge in [-0.05, 0) is 55.3 Å². The molecule has 0 spiro atoms. The van der Waals surface area contributed by atoms with Crippen LogP contribution in [-0.2, 0) is 16.1 Å². The van der Waals surface area contributed by atoms with Crippen LogP contribution in [0.25, 0.3) is 6.08 Å². The molecule has 0 aliphatic heterocycles. The van der Waals surface area contributed by atoms with Gasteiger partial charge in [-0.25, -0.2) is 0 Å². The second kappa shape index (κ2) is 11.3. The van der Waals surface area contributed by atoms with E-state index in [0.29, 0.717) is 11.8 Å². The van der Waals surface area contributed by atoms with Crippen LogP contribution in [0.2, 0.25) is 0 Å². The summed E-state index contributed by atoms with van der Waals surface area (Å²) in [7, 11) is 2.17. The first kappa shape index (κ1) is 22.6. The highest BCUT2D eigenvalue weighted by Crippen LogP contribution is 2.25. The Morgan fingerprint density at radius 2 is 1.81 bits per heavy atom. The molecule has 2 aromatic carbocycles. The summed E-state index contributed by atoms with van der Waals surface area (Å²) in [5.41, 5.74) is 7.88. The average Bonchev–Trinajstić information content (AvgIpc) is 2.79. The number of nitrogens with two attached hydrogens (primary N) is 1. The fraction of sp³-hybridized carbons (Fsp3) is 0.360. The second-order valence-corrected chi connectivity index (χ2v) is 8.01. The molecule has 0 atom stereocenters. The SMILES string of the molecule is CN(Cc1ccccc1NC(=O)C=Cc1ccc(OCC(N)=O)cc1)C1CCCCC1. The fourth-order valence-corrected chi connectivity index (χ4v) is 3.88. The lowest BCUT2D eigenvalue weighted by Crippen LogP contribution is -2.33. The van der Waals surface area contributed by atoms with Gasteiger partial charge in [0.05, 0.1) is 0 Å². The van der Waals surface area contributed by atoms with E-state index in [1.54, 1.807) is 18.2 Å². The lowest BCUT2D eigenvalue weighted by Gasteiger charge is -2.31. The molecule has 2 aromatic rings. The number of carbonyl (C=O) groups excluding carboxylic acids is 2. The van der Waals surface area contributed by atoms with E-state index in [2.05, 4.69) is 23.3 Å². The number of para-hydroxylation sites is 1. The first-order chi connectivity index (χ1) is 15.0. The first-order valence-electron chi connectivity index (χ1n) is 10.8. The van der Waals surface area contributed by atoms with E-state index in [9.17, 15) is 9.59 Å². The number of primary amides is 1. The summed E-state index contributed by atoms with van der Waals surface area (Å²) in [5, 5.41) is 3.00. The van der Waals surface area contributed by atoms with Crippen LogP contribution in [0.4, 0.5) is 5.69 Å². The third-order valence-corrected chi connectivity index (χ3v) is 5.58. The Balaban J connectivity index is 1.57. The molecule has 6 heteroatoms. The van der Waals surface area contributed by atoms with Gasteiger partial charge < -0.3 is 15.8 Å². The van der Waals surface area contributed by atoms with Gasteiger partial charge in [-0.3, -0.25) is 14.5 Å². The number of rotatable bonds is 9. The summed E-state index contributed by atoms with van der Waals surface area (Å²) in [4.78, 5) is 25.7. The number of amides is 2. The first-order valence-corrected chi connectivity index (χ1v) is 10.8. The van der Waals surface area contributed by atoms with Gasteiger partial charge in [-0.1, -0.05) is 49.6 Å². The highest BCUT2D eigenvalue weighted by molar-refractivity contribution is 6.02. The number of ether oxygens (including phenoxy) is 1. The van der Waals surface area contributed by atoms with Crippen molar-refractivity contribution in [2.24, 2.45) is 5.73 Å². The lowest BCUT2D eigenvalue weighted by molar-refractivity contribution is -0.120. The molecule has 1 saturated carbocycles. The number of nitrogens with one attached hydrogen (secondary N) is 1. The van der Waals surface area contributed by atoms with Gasteiger partial charge in [0.2, 0.25) is 5.91 Å². The smallest absolute Gasteiger partial charge is 0.255 e. The Morgan fingerprint density at radius 3 is 2.52 bits per heavy atom. The van der Waals surface area contributed by atoms with Crippen LogP contribution in [0, 0.1) is 0 Å². The number of hydrogen-bond donors (Lipinski definition) is 2. The molecule has 3 N–H and O–H groups in total. The van der Waals surface area contributed by atoms with Crippen molar-refractivity contribution in [1.29, 1.82) is 0 Å². The van der Waals surface area contributed by atoms with Crippen LogP contribution in [0.3, 0.4) is 0 Å². The van der Waals surface area contributed by atoms with Crippen LogP contribution in [0.5, 0.6) is 5.75 Å². The molecule has 0 radical (unpaired) electrons. The molecule has 0 aromatic heterocycles. The maximum atomic E-state index is 12.5. The van der Waals surface area contributed by atoms with Crippen molar-refractivity contribution in [2.45, 2.75) is 44.7 Å². The number of hydrogen-bond acceptors (Lipinski definition) is 4. The van der Waals surface area contributed by atoms with E-state index in [4.69, 9.17) is 10.5 Å². The minimum Gasteiger partial charge on any atom is -0.484 e. The van der Waals surface area contributed by atoms with Gasteiger partial charge in [0.25, 0.3) is 5.91 Å². The van der Waals surface area contributed by atoms with Crippen LogP contribution < -0.4 is 15.8 Å². The third kappa shape index (κ3) is 7.26. The Bertz CT molecular complexity index is 902. The molecule has 3 rings (SSSR count). The molecule has 0 unspecified atom stereocenters. The summed E-state index contributed by atoms with van der Waals surface area (Å²) in [6.07, 6.45) is 9.70. The van der Waals surface area contributed by atoms with Crippen LogP contribution in [0.1, 0.15) is 43.2 Å². The summed E-state index contributed by atoms with van der Waals surface area (Å²) in [6.45, 7) is 0.657. The van der Waals surface area contributed by atoms with E-state index in [1.165, 1.54) is 38.2 Å². The van der Waals surface area contributed by atoms with Gasteiger partial charge in [0.1, 0.15) is 5.75 Å². The monoisotopic (exact) mass is 421 g/mol. The molecule has 0 saturated heterocycles. The summed E-state index contributed by atoms with van der Waals surface area (Å²) >= 11 is 0. The van der Waals surface area contributed by atoms with Crippen molar-refractivity contribution >= 4 is 23.6 Å². The lowest BCUT2D eigenvalue weighted by atomic mass is 9.94. The van der Waals surface area contributed by atoms with E-state index in [1.807, 2.05) is 30.3 Å². The molecule has 31 heavy (non-hydrogen) atoms. The minimum absolute atomic E-state index is 0.160. The van der Waals surface area contributed by atoms with Gasteiger partial charge in [-0.15, -0.1) is 0 Å². The van der Waals surface area contributed by atoms with Gasteiger partial charge in [-0.2, -0.15) is 0 Å². The Hall–Kier alpha value is -3.12. The Morgan fingerprint density at radius 1 is 1.10 bits per heavy atom. The van der Waals surface area contributed by atoms with Crippen molar-refractivity contribution in [3.05, 3.63) is 65.7 Å². The number of anilines is 1. The van der Waals surface area contributed by atoms with E-state index >= 15 is 0 Å². The van der Waals surface area contributed by atoms with Crippen LogP contribution in [0.15, 0.2) is 54.6 Å². The predicted molar refractivity (Wildman–Crippen MR) is 124 cm³/mol. The Labute approximate surface area is 184 Å². The highest BCUT2D eigenvalue weighted by atomic mass is 16.5. The zero-order valence-electron chi connectivity index (χ0n) is 18.0. The van der Waals surface area contributed by atoms with Crippen LogP contribution in [-0.4, -0.2) is 36.4 Å². The summed E-state index contributed by atoms with van der Waals surface area (Å²) in [5.74, 6) is -0.149. The summed E-state index contributed by atoms with van der Waals surface area (Å²) < 4.78 is 5.23. The van der Waals surface area contributed by atoms with Gasteiger partial charge in [0, 0.05) is 24.4 Å². The van der Waals surface area contributed by atoms with E-state index in [-0.39, 0.29) is 12.5 Å². The largest absolute Gasteiger partial charge is 0.484 e. The normalized spacial score (nSPS) is 14.6. The molecule has 0 bridgehead atoms. The quantitative estimate of drug-likeness (QED) is 0.600. The number of benzene rings is 2. The van der Waals surface area contributed by atoms with E-state index in [0.717, 1.165) is 23.4 Å². The minimum atomic E-state index is -0.522. The predicted octanol–water partition coefficient (Wildman–Crippen LogP) is 3.97. The van der Waals surface area contributed by atoms with Crippen molar-refractivity contribution in [2.75, 3.05) is 19.0 Å². The molecule has 1 aliphatic rings. The maximum Gasteiger partial charge on any atom is 0.255 e. The van der Waals surface area contributed by atoms with Crippen molar-refractivity contribution < 1.29 is 14.3 Å². The zero-order valence-corrected chi connectivity index (χ0v) is 18.0.